The first kappa shape index (κ1) is 11.1. The zero-order valence-corrected chi connectivity index (χ0v) is 10.6. The van der Waals surface area contributed by atoms with Crippen molar-refractivity contribution >= 4 is 0 Å². The van der Waals surface area contributed by atoms with Crippen LogP contribution in [0.15, 0.2) is 12.1 Å². The Morgan fingerprint density at radius 2 is 2.12 bits per heavy atom. The highest BCUT2D eigenvalue weighted by Crippen LogP contribution is 2.31. The summed E-state index contributed by atoms with van der Waals surface area (Å²) in [6, 6.07) is 4.70. The van der Waals surface area contributed by atoms with Gasteiger partial charge in [-0.05, 0) is 61.9 Å². The van der Waals surface area contributed by atoms with Crippen LogP contribution in [0.25, 0.3) is 0 Å². The van der Waals surface area contributed by atoms with E-state index in [-0.39, 0.29) is 0 Å². The number of piperidine rings is 1. The van der Waals surface area contributed by atoms with Gasteiger partial charge in [0.2, 0.25) is 0 Å². The van der Waals surface area contributed by atoms with Crippen LogP contribution in [0.4, 0.5) is 0 Å². The molecule has 0 radical (unpaired) electrons. The molecule has 1 aromatic carbocycles. The lowest BCUT2D eigenvalue weighted by atomic mass is 9.89. The summed E-state index contributed by atoms with van der Waals surface area (Å²) in [4.78, 5) is 0. The SMILES string of the molecule is Cc1cc(CC2CCNCC2)cc2c1OCC2. The average Bonchev–Trinajstić information content (AvgIpc) is 2.79. The maximum atomic E-state index is 5.66. The standard InChI is InChI=1S/C15H21NO/c1-11-8-13(9-12-2-5-16-6-3-12)10-14-4-7-17-15(11)14/h8,10,12,16H,2-7,9H2,1H3. The molecule has 0 saturated carbocycles. The Bertz CT molecular complexity index is 408. The topological polar surface area (TPSA) is 21.3 Å². The van der Waals surface area contributed by atoms with E-state index in [1.54, 1.807) is 0 Å². The van der Waals surface area contributed by atoms with Gasteiger partial charge in [-0.2, -0.15) is 0 Å². The second-order valence-electron chi connectivity index (χ2n) is 5.40. The lowest BCUT2D eigenvalue weighted by Gasteiger charge is -2.23. The molecule has 2 nitrogen and oxygen atoms in total. The van der Waals surface area contributed by atoms with Crippen LogP contribution in [0.5, 0.6) is 5.75 Å². The van der Waals surface area contributed by atoms with Gasteiger partial charge in [0, 0.05) is 6.42 Å². The molecule has 0 aromatic heterocycles. The molecule has 3 rings (SSSR count). The van der Waals surface area contributed by atoms with E-state index in [1.807, 2.05) is 0 Å². The molecule has 92 valence electrons. The Balaban J connectivity index is 1.76. The molecule has 0 bridgehead atoms. The molecule has 1 N–H and O–H groups in total. The zero-order chi connectivity index (χ0) is 11.7. The molecule has 0 unspecified atom stereocenters. The number of rotatable bonds is 2. The summed E-state index contributed by atoms with van der Waals surface area (Å²) in [5.41, 5.74) is 4.26. The zero-order valence-electron chi connectivity index (χ0n) is 10.6. The summed E-state index contributed by atoms with van der Waals surface area (Å²) >= 11 is 0. The Morgan fingerprint density at radius 3 is 2.94 bits per heavy atom. The number of nitrogens with one attached hydrogen (secondary N) is 1. The fourth-order valence-corrected chi connectivity index (χ4v) is 3.12. The smallest absolute Gasteiger partial charge is 0.125 e. The number of benzene rings is 1. The maximum absolute atomic E-state index is 5.66. The van der Waals surface area contributed by atoms with E-state index in [4.69, 9.17) is 4.74 Å². The molecule has 17 heavy (non-hydrogen) atoms. The van der Waals surface area contributed by atoms with E-state index in [1.165, 1.54) is 49.0 Å². The molecule has 1 fully saturated rings. The Morgan fingerprint density at radius 1 is 1.29 bits per heavy atom. The molecule has 2 heteroatoms. The van der Waals surface area contributed by atoms with Gasteiger partial charge in [0.25, 0.3) is 0 Å². The van der Waals surface area contributed by atoms with Gasteiger partial charge in [-0.25, -0.2) is 0 Å². The van der Waals surface area contributed by atoms with Crippen molar-refractivity contribution in [1.29, 1.82) is 0 Å². The van der Waals surface area contributed by atoms with Gasteiger partial charge in [-0.3, -0.25) is 0 Å². The van der Waals surface area contributed by atoms with Crippen molar-refractivity contribution in [3.63, 3.8) is 0 Å². The highest BCUT2D eigenvalue weighted by molar-refractivity contribution is 5.46. The minimum Gasteiger partial charge on any atom is -0.493 e. The molecule has 2 heterocycles. The number of fused-ring (bicyclic) bond motifs is 1. The van der Waals surface area contributed by atoms with Gasteiger partial charge in [0.05, 0.1) is 6.61 Å². The van der Waals surface area contributed by atoms with Crippen LogP contribution in [-0.2, 0) is 12.8 Å². The first-order valence-corrected chi connectivity index (χ1v) is 6.79. The molecule has 0 amide bonds. The highest BCUT2D eigenvalue weighted by Gasteiger charge is 2.18. The summed E-state index contributed by atoms with van der Waals surface area (Å²) in [7, 11) is 0. The quantitative estimate of drug-likeness (QED) is 0.844. The van der Waals surface area contributed by atoms with Gasteiger partial charge in [-0.15, -0.1) is 0 Å². The molecule has 2 aliphatic heterocycles. The van der Waals surface area contributed by atoms with Crippen LogP contribution in [0.2, 0.25) is 0 Å². The summed E-state index contributed by atoms with van der Waals surface area (Å²) in [6.45, 7) is 5.43. The number of hydrogen-bond acceptors (Lipinski definition) is 2. The molecule has 0 aliphatic carbocycles. The minimum absolute atomic E-state index is 0.868. The first-order chi connectivity index (χ1) is 8.33. The van der Waals surface area contributed by atoms with Crippen LogP contribution in [0, 0.1) is 12.8 Å². The summed E-state index contributed by atoms with van der Waals surface area (Å²) in [6.07, 6.45) is 4.99. The van der Waals surface area contributed by atoms with Crippen LogP contribution in [-0.4, -0.2) is 19.7 Å². The average molecular weight is 231 g/mol. The van der Waals surface area contributed by atoms with Crippen molar-refractivity contribution in [2.24, 2.45) is 5.92 Å². The van der Waals surface area contributed by atoms with Crippen molar-refractivity contribution < 1.29 is 4.74 Å². The van der Waals surface area contributed by atoms with Crippen molar-refractivity contribution in [3.05, 3.63) is 28.8 Å². The fraction of sp³-hybridized carbons (Fsp3) is 0.600. The van der Waals surface area contributed by atoms with Crippen LogP contribution >= 0.6 is 0 Å². The maximum Gasteiger partial charge on any atom is 0.125 e. The number of ether oxygens (including phenoxy) is 1. The summed E-state index contributed by atoms with van der Waals surface area (Å²) < 4.78 is 5.66. The minimum atomic E-state index is 0.868. The lowest BCUT2D eigenvalue weighted by molar-refractivity contribution is 0.354. The second kappa shape index (κ2) is 4.69. The third-order valence-corrected chi connectivity index (χ3v) is 4.01. The predicted octanol–water partition coefficient (Wildman–Crippen LogP) is 2.47. The first-order valence-electron chi connectivity index (χ1n) is 6.79. The Hall–Kier alpha value is -1.02. The van der Waals surface area contributed by atoms with Gasteiger partial charge < -0.3 is 10.1 Å². The Labute approximate surface area is 103 Å². The third kappa shape index (κ3) is 2.32. The summed E-state index contributed by atoms with van der Waals surface area (Å²) in [5, 5.41) is 3.43. The molecule has 1 saturated heterocycles. The van der Waals surface area contributed by atoms with Gasteiger partial charge in [0.1, 0.15) is 5.75 Å². The van der Waals surface area contributed by atoms with Crippen LogP contribution < -0.4 is 10.1 Å². The molecule has 0 spiro atoms. The monoisotopic (exact) mass is 231 g/mol. The van der Waals surface area contributed by atoms with E-state index in [0.717, 1.165) is 24.7 Å². The Kier molecular flexibility index (Phi) is 3.06. The second-order valence-corrected chi connectivity index (χ2v) is 5.40. The van der Waals surface area contributed by atoms with Crippen LogP contribution in [0.3, 0.4) is 0 Å². The highest BCUT2D eigenvalue weighted by atomic mass is 16.5. The number of aryl methyl sites for hydroxylation is 1. The van der Waals surface area contributed by atoms with Gasteiger partial charge in [-0.1, -0.05) is 12.1 Å². The van der Waals surface area contributed by atoms with Crippen molar-refractivity contribution in [1.82, 2.24) is 5.32 Å². The predicted molar refractivity (Wildman–Crippen MR) is 69.7 cm³/mol. The van der Waals surface area contributed by atoms with Crippen LogP contribution in [0.1, 0.15) is 29.5 Å². The largest absolute Gasteiger partial charge is 0.493 e. The molecule has 1 aromatic rings. The van der Waals surface area contributed by atoms with E-state index in [0.29, 0.717) is 0 Å². The van der Waals surface area contributed by atoms with E-state index in [2.05, 4.69) is 24.4 Å². The molecular formula is C15H21NO. The van der Waals surface area contributed by atoms with Gasteiger partial charge in [0.15, 0.2) is 0 Å². The lowest BCUT2D eigenvalue weighted by Crippen LogP contribution is -2.28. The van der Waals surface area contributed by atoms with E-state index >= 15 is 0 Å². The molecular weight excluding hydrogens is 210 g/mol. The van der Waals surface area contributed by atoms with E-state index < -0.39 is 0 Å². The molecule has 2 aliphatic rings. The molecule has 0 atom stereocenters. The fourth-order valence-electron chi connectivity index (χ4n) is 3.12. The van der Waals surface area contributed by atoms with Crippen molar-refractivity contribution in [2.45, 2.75) is 32.6 Å². The van der Waals surface area contributed by atoms with Crippen molar-refractivity contribution in [3.8, 4) is 5.75 Å². The van der Waals surface area contributed by atoms with Gasteiger partial charge >= 0.3 is 0 Å². The third-order valence-electron chi connectivity index (χ3n) is 4.01. The normalized spacial score (nSPS) is 20.1. The van der Waals surface area contributed by atoms with E-state index in [9.17, 15) is 0 Å². The summed E-state index contributed by atoms with van der Waals surface area (Å²) in [5.74, 6) is 2.02. The number of hydrogen-bond donors (Lipinski definition) is 1. The van der Waals surface area contributed by atoms with Crippen molar-refractivity contribution in [2.75, 3.05) is 19.7 Å².